The molecule has 1 N–H and O–H groups in total. The molecule has 8 heteroatoms. The van der Waals surface area contributed by atoms with Crippen LogP contribution in [-0.4, -0.2) is 21.1 Å². The summed E-state index contributed by atoms with van der Waals surface area (Å²) in [4.78, 5) is 16.8. The highest BCUT2D eigenvalue weighted by molar-refractivity contribution is 7.98. The van der Waals surface area contributed by atoms with Crippen molar-refractivity contribution in [2.24, 2.45) is 0 Å². The van der Waals surface area contributed by atoms with Gasteiger partial charge in [-0.1, -0.05) is 35.5 Å². The SMILES string of the molecule is Cc1ccc(NC(=O)Cc2nc(CSc3nnc(-c4ccc(C)c(C)c4)o3)cs2)cc1. The number of hydrogen-bond acceptors (Lipinski definition) is 7. The Morgan fingerprint density at radius 2 is 1.87 bits per heavy atom. The summed E-state index contributed by atoms with van der Waals surface area (Å²) in [5.41, 5.74) is 6.16. The predicted octanol–water partition coefficient (Wildman–Crippen LogP) is 5.59. The van der Waals surface area contributed by atoms with Crippen LogP contribution in [0.4, 0.5) is 5.69 Å². The van der Waals surface area contributed by atoms with E-state index in [-0.39, 0.29) is 12.3 Å². The molecule has 0 radical (unpaired) electrons. The maximum atomic E-state index is 12.3. The maximum absolute atomic E-state index is 12.3. The third kappa shape index (κ3) is 5.59. The van der Waals surface area contributed by atoms with Crippen LogP contribution < -0.4 is 5.32 Å². The van der Waals surface area contributed by atoms with Crippen LogP contribution in [0.1, 0.15) is 27.4 Å². The Balaban J connectivity index is 1.31. The normalized spacial score (nSPS) is 10.9. The first-order valence-electron chi connectivity index (χ1n) is 9.80. The lowest BCUT2D eigenvalue weighted by Crippen LogP contribution is -2.14. The number of nitrogens with one attached hydrogen (secondary N) is 1. The molecule has 0 saturated heterocycles. The fraction of sp³-hybridized carbons (Fsp3) is 0.217. The topological polar surface area (TPSA) is 80.9 Å². The van der Waals surface area contributed by atoms with Crippen LogP contribution in [0.5, 0.6) is 0 Å². The van der Waals surface area contributed by atoms with E-state index in [1.807, 2.05) is 54.8 Å². The van der Waals surface area contributed by atoms with Crippen LogP contribution in [-0.2, 0) is 17.0 Å². The minimum absolute atomic E-state index is 0.0765. The van der Waals surface area contributed by atoms with Gasteiger partial charge in [-0.05, 0) is 56.2 Å². The largest absolute Gasteiger partial charge is 0.411 e. The van der Waals surface area contributed by atoms with E-state index in [0.717, 1.165) is 27.5 Å². The molecule has 2 heterocycles. The third-order valence-electron chi connectivity index (χ3n) is 4.75. The average molecular weight is 451 g/mol. The van der Waals surface area contributed by atoms with Gasteiger partial charge in [0.15, 0.2) is 0 Å². The van der Waals surface area contributed by atoms with E-state index in [4.69, 9.17) is 4.42 Å². The van der Waals surface area contributed by atoms with Crippen LogP contribution in [0.25, 0.3) is 11.5 Å². The summed E-state index contributed by atoms with van der Waals surface area (Å²) in [6.45, 7) is 6.15. The van der Waals surface area contributed by atoms with E-state index >= 15 is 0 Å². The van der Waals surface area contributed by atoms with Gasteiger partial charge in [0.2, 0.25) is 11.8 Å². The van der Waals surface area contributed by atoms with Crippen molar-refractivity contribution in [1.82, 2.24) is 15.2 Å². The van der Waals surface area contributed by atoms with Crippen LogP contribution in [0.15, 0.2) is 57.5 Å². The molecular formula is C23H22N4O2S2. The van der Waals surface area contributed by atoms with E-state index < -0.39 is 0 Å². The van der Waals surface area contributed by atoms with Gasteiger partial charge in [-0.3, -0.25) is 4.79 Å². The lowest BCUT2D eigenvalue weighted by Gasteiger charge is -2.04. The summed E-state index contributed by atoms with van der Waals surface area (Å²) in [7, 11) is 0. The molecule has 0 aliphatic rings. The molecule has 0 aliphatic heterocycles. The van der Waals surface area contributed by atoms with Crippen molar-refractivity contribution >= 4 is 34.7 Å². The average Bonchev–Trinajstić information content (AvgIpc) is 3.40. The van der Waals surface area contributed by atoms with Crippen molar-refractivity contribution in [1.29, 1.82) is 0 Å². The molecular weight excluding hydrogens is 428 g/mol. The van der Waals surface area contributed by atoms with Gasteiger partial charge in [0.1, 0.15) is 5.01 Å². The number of rotatable bonds is 7. The number of hydrogen-bond donors (Lipinski definition) is 1. The smallest absolute Gasteiger partial charge is 0.277 e. The lowest BCUT2D eigenvalue weighted by atomic mass is 10.1. The fourth-order valence-electron chi connectivity index (χ4n) is 2.87. The first-order valence-corrected chi connectivity index (χ1v) is 11.7. The molecule has 31 heavy (non-hydrogen) atoms. The molecule has 0 unspecified atom stereocenters. The number of anilines is 1. The molecule has 2 aromatic heterocycles. The van der Waals surface area contributed by atoms with Crippen molar-refractivity contribution in [2.45, 2.75) is 38.2 Å². The van der Waals surface area contributed by atoms with Crippen LogP contribution >= 0.6 is 23.1 Å². The van der Waals surface area contributed by atoms with Crippen LogP contribution in [0.3, 0.4) is 0 Å². The summed E-state index contributed by atoms with van der Waals surface area (Å²) in [6, 6.07) is 13.8. The molecule has 0 aliphatic carbocycles. The maximum Gasteiger partial charge on any atom is 0.277 e. The number of carbonyl (C=O) groups is 1. The highest BCUT2D eigenvalue weighted by atomic mass is 32.2. The molecule has 158 valence electrons. The molecule has 4 rings (SSSR count). The van der Waals surface area contributed by atoms with Gasteiger partial charge in [0.05, 0.1) is 12.1 Å². The third-order valence-corrected chi connectivity index (χ3v) is 6.50. The first kappa shape index (κ1) is 21.3. The molecule has 0 spiro atoms. The van der Waals surface area contributed by atoms with Gasteiger partial charge in [0, 0.05) is 22.4 Å². The summed E-state index contributed by atoms with van der Waals surface area (Å²) < 4.78 is 5.78. The Hall–Kier alpha value is -2.97. The van der Waals surface area contributed by atoms with E-state index in [2.05, 4.69) is 34.3 Å². The lowest BCUT2D eigenvalue weighted by molar-refractivity contribution is -0.115. The number of thiazole rings is 1. The molecule has 1 amide bonds. The number of amides is 1. The minimum Gasteiger partial charge on any atom is -0.411 e. The molecule has 4 aromatic rings. The van der Waals surface area contributed by atoms with Crippen molar-refractivity contribution in [3.05, 3.63) is 75.2 Å². The summed E-state index contributed by atoms with van der Waals surface area (Å²) >= 11 is 2.91. The van der Waals surface area contributed by atoms with Gasteiger partial charge >= 0.3 is 0 Å². The van der Waals surface area contributed by atoms with E-state index in [1.165, 1.54) is 34.2 Å². The zero-order chi connectivity index (χ0) is 21.8. The standard InChI is InChI=1S/C23H22N4O2S2/c1-14-4-8-18(9-5-14)24-20(28)11-21-25-19(12-30-21)13-31-23-27-26-22(29-23)17-7-6-15(2)16(3)10-17/h4-10,12H,11,13H2,1-3H3,(H,24,28). The van der Waals surface area contributed by atoms with Crippen LogP contribution in [0.2, 0.25) is 0 Å². The van der Waals surface area contributed by atoms with Gasteiger partial charge in [-0.15, -0.1) is 21.5 Å². The number of nitrogens with zero attached hydrogens (tertiary/aromatic N) is 3. The number of benzene rings is 2. The quantitative estimate of drug-likeness (QED) is 0.370. The Labute approximate surface area is 189 Å². The van der Waals surface area contributed by atoms with Gasteiger partial charge in [0.25, 0.3) is 5.22 Å². The van der Waals surface area contributed by atoms with Crippen molar-refractivity contribution in [3.8, 4) is 11.5 Å². The molecule has 0 saturated carbocycles. The van der Waals surface area contributed by atoms with Gasteiger partial charge in [-0.25, -0.2) is 4.98 Å². The number of thioether (sulfide) groups is 1. The van der Waals surface area contributed by atoms with Gasteiger partial charge < -0.3 is 9.73 Å². The van der Waals surface area contributed by atoms with Crippen molar-refractivity contribution < 1.29 is 9.21 Å². The van der Waals surface area contributed by atoms with E-state index in [9.17, 15) is 4.79 Å². The summed E-state index contributed by atoms with van der Waals surface area (Å²) in [6.07, 6.45) is 0.251. The minimum atomic E-state index is -0.0765. The number of aryl methyl sites for hydroxylation is 3. The highest BCUT2D eigenvalue weighted by Gasteiger charge is 2.12. The van der Waals surface area contributed by atoms with Crippen molar-refractivity contribution in [3.63, 3.8) is 0 Å². The van der Waals surface area contributed by atoms with E-state index in [1.54, 1.807) is 0 Å². The van der Waals surface area contributed by atoms with E-state index in [0.29, 0.717) is 16.9 Å². The summed E-state index contributed by atoms with van der Waals surface area (Å²) in [5.74, 6) is 1.04. The zero-order valence-corrected chi connectivity index (χ0v) is 19.1. The number of aromatic nitrogens is 3. The monoisotopic (exact) mass is 450 g/mol. The Morgan fingerprint density at radius 1 is 1.06 bits per heavy atom. The predicted molar refractivity (Wildman–Crippen MR) is 124 cm³/mol. The Morgan fingerprint density at radius 3 is 2.65 bits per heavy atom. The molecule has 0 bridgehead atoms. The summed E-state index contributed by atoms with van der Waals surface area (Å²) in [5, 5.41) is 14.4. The second kappa shape index (κ2) is 9.45. The molecule has 0 atom stereocenters. The van der Waals surface area contributed by atoms with Gasteiger partial charge in [-0.2, -0.15) is 0 Å². The molecule has 0 fully saturated rings. The molecule has 6 nitrogen and oxygen atoms in total. The Bertz CT molecular complexity index is 1200. The van der Waals surface area contributed by atoms with Crippen molar-refractivity contribution in [2.75, 3.05) is 5.32 Å². The number of carbonyl (C=O) groups excluding carboxylic acids is 1. The van der Waals surface area contributed by atoms with Crippen LogP contribution in [0, 0.1) is 20.8 Å². The first-order chi connectivity index (χ1) is 15.0. The fourth-order valence-corrected chi connectivity index (χ4v) is 4.42. The Kier molecular flexibility index (Phi) is 6.48. The molecule has 2 aromatic carbocycles. The highest BCUT2D eigenvalue weighted by Crippen LogP contribution is 2.27. The second-order valence-corrected chi connectivity index (χ2v) is 9.15. The second-order valence-electron chi connectivity index (χ2n) is 7.28. The zero-order valence-electron chi connectivity index (χ0n) is 17.5.